The van der Waals surface area contributed by atoms with Gasteiger partial charge in [0.25, 0.3) is 11.5 Å². The topological polar surface area (TPSA) is 139 Å². The minimum Gasteiger partial charge on any atom is -0.392 e. The molecule has 1 aliphatic carbocycles. The molecule has 0 fully saturated rings. The van der Waals surface area contributed by atoms with E-state index in [-0.39, 0.29) is 16.8 Å². The Morgan fingerprint density at radius 3 is 2.86 bits per heavy atom. The monoisotopic (exact) mass is 494 g/mol. The molecule has 182 valence electrons. The molecular formula is C25H27ClN6O3. The predicted octanol–water partition coefficient (Wildman–Crippen LogP) is 3.48. The van der Waals surface area contributed by atoms with E-state index >= 15 is 0 Å². The van der Waals surface area contributed by atoms with E-state index in [4.69, 9.17) is 17.3 Å². The Labute approximate surface area is 206 Å². The minimum atomic E-state index is -0.806. The molecule has 0 saturated carbocycles. The second-order valence-electron chi connectivity index (χ2n) is 9.04. The third-order valence-electron chi connectivity index (χ3n) is 6.23. The van der Waals surface area contributed by atoms with E-state index < -0.39 is 23.2 Å². The third kappa shape index (κ3) is 5.63. The van der Waals surface area contributed by atoms with Gasteiger partial charge in [0.2, 0.25) is 0 Å². The van der Waals surface area contributed by atoms with Crippen molar-refractivity contribution in [1.82, 2.24) is 25.1 Å². The molecule has 9 nitrogen and oxygen atoms in total. The second kappa shape index (κ2) is 9.79. The summed E-state index contributed by atoms with van der Waals surface area (Å²) in [4.78, 5) is 40.1. The maximum atomic E-state index is 12.6. The molecule has 3 aromatic rings. The van der Waals surface area contributed by atoms with Crippen molar-refractivity contribution < 1.29 is 4.79 Å². The van der Waals surface area contributed by atoms with Gasteiger partial charge in [0.1, 0.15) is 11.4 Å². The second-order valence-corrected chi connectivity index (χ2v) is 9.48. The number of H-pyrrole nitrogens is 2. The van der Waals surface area contributed by atoms with Gasteiger partial charge in [0, 0.05) is 23.3 Å². The molecule has 1 aromatic carbocycles. The number of hydrogen-bond acceptors (Lipinski definition) is 5. The third-order valence-corrected chi connectivity index (χ3v) is 6.51. The summed E-state index contributed by atoms with van der Waals surface area (Å²) in [6, 6.07) is 7.32. The van der Waals surface area contributed by atoms with Crippen molar-refractivity contribution in [2.75, 3.05) is 5.73 Å². The lowest BCUT2D eigenvalue weighted by atomic mass is 9.81. The Morgan fingerprint density at radius 1 is 1.31 bits per heavy atom. The largest absolute Gasteiger partial charge is 0.392 e. The van der Waals surface area contributed by atoms with Crippen molar-refractivity contribution >= 4 is 23.2 Å². The predicted molar refractivity (Wildman–Crippen MR) is 136 cm³/mol. The van der Waals surface area contributed by atoms with Gasteiger partial charge in [-0.3, -0.25) is 19.3 Å². The number of hydrogen-bond donors (Lipinski definition) is 4. The highest BCUT2D eigenvalue weighted by molar-refractivity contribution is 6.31. The number of benzene rings is 1. The van der Waals surface area contributed by atoms with Crippen LogP contribution in [0.15, 0.2) is 69.5 Å². The quantitative estimate of drug-likeness (QED) is 0.398. The van der Waals surface area contributed by atoms with Crippen molar-refractivity contribution in [1.29, 1.82) is 0 Å². The van der Waals surface area contributed by atoms with Crippen LogP contribution in [0.5, 0.6) is 0 Å². The summed E-state index contributed by atoms with van der Waals surface area (Å²) in [5, 5.41) is 8.07. The molecule has 0 aliphatic heterocycles. The van der Waals surface area contributed by atoms with Gasteiger partial charge < -0.3 is 16.0 Å². The number of rotatable bonds is 7. The maximum absolute atomic E-state index is 12.6. The lowest BCUT2D eigenvalue weighted by Gasteiger charge is -2.27. The number of nitrogens with two attached hydrogens (primary N) is 1. The van der Waals surface area contributed by atoms with E-state index in [1.165, 1.54) is 0 Å². The van der Waals surface area contributed by atoms with Gasteiger partial charge in [-0.2, -0.15) is 5.10 Å². The van der Waals surface area contributed by atoms with Crippen LogP contribution in [-0.4, -0.2) is 25.7 Å². The number of nitrogen functional groups attached to an aromatic ring is 1. The van der Waals surface area contributed by atoms with Crippen LogP contribution in [0.25, 0.3) is 11.1 Å². The number of halogens is 1. The van der Waals surface area contributed by atoms with Crippen LogP contribution in [0.3, 0.4) is 0 Å². The first-order chi connectivity index (χ1) is 16.6. The number of allylic oxidation sites excluding steroid dienone is 4. The summed E-state index contributed by atoms with van der Waals surface area (Å²) < 4.78 is 1.93. The zero-order valence-electron chi connectivity index (χ0n) is 19.5. The van der Waals surface area contributed by atoms with Gasteiger partial charge in [-0.05, 0) is 48.4 Å². The fraction of sp³-hybridized carbons (Fsp3) is 0.280. The Hall–Kier alpha value is -3.85. The summed E-state index contributed by atoms with van der Waals surface area (Å²) in [7, 11) is 0. The Balaban J connectivity index is 1.44. The van der Waals surface area contributed by atoms with Gasteiger partial charge >= 0.3 is 5.69 Å². The molecule has 1 unspecified atom stereocenters. The number of aromatic amines is 2. The Bertz CT molecular complexity index is 1430. The Kier molecular flexibility index (Phi) is 6.79. The molecule has 0 saturated heterocycles. The summed E-state index contributed by atoms with van der Waals surface area (Å²) in [6.45, 7) is 4.79. The maximum Gasteiger partial charge on any atom is 0.326 e. The molecule has 10 heteroatoms. The average Bonchev–Trinajstić information content (AvgIpc) is 3.31. The number of nitrogens with zero attached hydrogens (tertiary/aromatic N) is 2. The molecule has 5 N–H and O–H groups in total. The smallest absolute Gasteiger partial charge is 0.326 e. The highest BCUT2D eigenvalue weighted by atomic mass is 35.5. The zero-order chi connectivity index (χ0) is 25.2. The molecule has 2 atom stereocenters. The molecule has 0 radical (unpaired) electrons. The normalized spacial score (nSPS) is 18.2. The van der Waals surface area contributed by atoms with Crippen molar-refractivity contribution in [3.05, 3.63) is 92.0 Å². The first kappa shape index (κ1) is 24.3. The summed E-state index contributed by atoms with van der Waals surface area (Å²) in [5.74, 6) is -0.641. The Morgan fingerprint density at radius 2 is 2.11 bits per heavy atom. The van der Waals surface area contributed by atoms with Gasteiger partial charge in [0.15, 0.2) is 0 Å². The molecular weight excluding hydrogens is 468 g/mol. The molecule has 1 amide bonds. The van der Waals surface area contributed by atoms with Gasteiger partial charge in [-0.25, -0.2) is 4.79 Å². The number of anilines is 1. The zero-order valence-corrected chi connectivity index (χ0v) is 20.2. The molecule has 2 aromatic heterocycles. The highest BCUT2D eigenvalue weighted by Crippen LogP contribution is 2.34. The van der Waals surface area contributed by atoms with Crippen molar-refractivity contribution in [3.8, 4) is 11.1 Å². The van der Waals surface area contributed by atoms with Crippen molar-refractivity contribution in [2.45, 2.75) is 39.3 Å². The average molecular weight is 495 g/mol. The summed E-state index contributed by atoms with van der Waals surface area (Å²) >= 11 is 6.05. The fourth-order valence-electron chi connectivity index (χ4n) is 3.95. The van der Waals surface area contributed by atoms with Crippen LogP contribution in [0.1, 0.15) is 48.8 Å². The lowest BCUT2D eigenvalue weighted by molar-refractivity contribution is 0.0935. The molecule has 0 bridgehead atoms. The molecule has 2 heterocycles. The van der Waals surface area contributed by atoms with Gasteiger partial charge in [-0.15, -0.1) is 0 Å². The summed E-state index contributed by atoms with van der Waals surface area (Å²) in [6.07, 6.45) is 11.8. The molecule has 0 spiro atoms. The highest BCUT2D eigenvalue weighted by Gasteiger charge is 2.22. The van der Waals surface area contributed by atoms with E-state index in [1.54, 1.807) is 6.92 Å². The van der Waals surface area contributed by atoms with Crippen LogP contribution in [-0.2, 0) is 6.54 Å². The number of nitrogens with one attached hydrogen (secondary N) is 3. The van der Waals surface area contributed by atoms with E-state index in [9.17, 15) is 14.4 Å². The standard InChI is InChI=1S/C25H27ClN6O3/c1-15(29-23(34)21-20(27)22(33)31-24(35)30-21)16-4-3-5-17(12-16)18-13-28-32(14-18)11-10-25(2)8-6-19(26)7-9-25/h3-8,12-15H,9-11,27H2,1-2H3,(H,29,34)(H2,30,31,33,35)/t15-,25?/m1/s1. The van der Waals surface area contributed by atoms with Crippen LogP contribution in [0, 0.1) is 5.41 Å². The first-order valence-corrected chi connectivity index (χ1v) is 11.6. The van der Waals surface area contributed by atoms with Gasteiger partial charge in [0.05, 0.1) is 12.2 Å². The van der Waals surface area contributed by atoms with E-state index in [0.717, 1.165) is 41.1 Å². The number of carbonyl (C=O) groups is 1. The molecule has 4 rings (SSSR count). The van der Waals surface area contributed by atoms with Gasteiger partial charge in [-0.1, -0.05) is 48.9 Å². The molecule has 1 aliphatic rings. The van der Waals surface area contributed by atoms with Crippen LogP contribution >= 0.6 is 11.6 Å². The number of amides is 1. The lowest BCUT2D eigenvalue weighted by Crippen LogP contribution is -2.34. The fourth-order valence-corrected chi connectivity index (χ4v) is 4.09. The van der Waals surface area contributed by atoms with E-state index in [0.29, 0.717) is 0 Å². The van der Waals surface area contributed by atoms with E-state index in [1.807, 2.05) is 58.5 Å². The number of aromatic nitrogens is 4. The van der Waals surface area contributed by atoms with Crippen LogP contribution in [0.4, 0.5) is 5.69 Å². The van der Waals surface area contributed by atoms with Crippen molar-refractivity contribution in [2.24, 2.45) is 5.41 Å². The van der Waals surface area contributed by atoms with Crippen LogP contribution in [0.2, 0.25) is 0 Å². The first-order valence-electron chi connectivity index (χ1n) is 11.2. The molecule has 35 heavy (non-hydrogen) atoms. The van der Waals surface area contributed by atoms with E-state index in [2.05, 4.69) is 28.4 Å². The SMILES string of the molecule is C[C@@H](NC(=O)c1[nH]c(=O)[nH]c(=O)c1N)c1cccc(-c2cnn(CCC3(C)C=CC(Cl)=CC3)c2)c1. The van der Waals surface area contributed by atoms with Crippen LogP contribution < -0.4 is 22.3 Å². The minimum absolute atomic E-state index is 0.0510. The number of aryl methyl sites for hydroxylation is 1. The summed E-state index contributed by atoms with van der Waals surface area (Å²) in [5.41, 5.74) is 6.27. The number of carbonyl (C=O) groups excluding carboxylic acids is 1. The van der Waals surface area contributed by atoms with Crippen molar-refractivity contribution in [3.63, 3.8) is 0 Å².